The lowest BCUT2D eigenvalue weighted by atomic mass is 9.95. The first kappa shape index (κ1) is 18.3. The first-order chi connectivity index (χ1) is 11.2. The van der Waals surface area contributed by atoms with E-state index >= 15 is 0 Å². The minimum atomic E-state index is -5.04. The van der Waals surface area contributed by atoms with Crippen molar-refractivity contribution in [3.63, 3.8) is 0 Å². The molecule has 1 aliphatic heterocycles. The number of amides is 2. The second kappa shape index (κ2) is 7.23. The SMILES string of the molecule is CC(C)[C@H](c1ccccc1)N(C(=O)C(F)(F)F)N1CCCCC1=O. The lowest BCUT2D eigenvalue weighted by Gasteiger charge is -2.43. The number of hydrogen-bond donors (Lipinski definition) is 0. The molecule has 7 heteroatoms. The van der Waals surface area contributed by atoms with Gasteiger partial charge in [0.05, 0.1) is 6.04 Å². The van der Waals surface area contributed by atoms with Crippen molar-refractivity contribution >= 4 is 11.8 Å². The van der Waals surface area contributed by atoms with E-state index in [0.29, 0.717) is 23.4 Å². The predicted molar refractivity (Wildman–Crippen MR) is 82.5 cm³/mol. The summed E-state index contributed by atoms with van der Waals surface area (Å²) in [7, 11) is 0. The average Bonchev–Trinajstić information content (AvgIpc) is 2.52. The molecule has 1 aromatic rings. The third-order valence-electron chi connectivity index (χ3n) is 4.05. The molecule has 0 radical (unpaired) electrons. The van der Waals surface area contributed by atoms with E-state index in [4.69, 9.17) is 0 Å². The van der Waals surface area contributed by atoms with Gasteiger partial charge in [0.1, 0.15) is 0 Å². The van der Waals surface area contributed by atoms with Crippen molar-refractivity contribution in [2.24, 2.45) is 5.92 Å². The quantitative estimate of drug-likeness (QED) is 0.837. The van der Waals surface area contributed by atoms with Crippen molar-refractivity contribution in [1.82, 2.24) is 10.0 Å². The lowest BCUT2D eigenvalue weighted by Crippen LogP contribution is -2.57. The maximum Gasteiger partial charge on any atom is 0.473 e. The van der Waals surface area contributed by atoms with Gasteiger partial charge in [-0.2, -0.15) is 13.2 Å². The van der Waals surface area contributed by atoms with E-state index in [9.17, 15) is 22.8 Å². The van der Waals surface area contributed by atoms with Gasteiger partial charge >= 0.3 is 12.1 Å². The summed E-state index contributed by atoms with van der Waals surface area (Å²) in [4.78, 5) is 24.3. The zero-order valence-electron chi connectivity index (χ0n) is 13.7. The summed E-state index contributed by atoms with van der Waals surface area (Å²) in [5, 5.41) is 1.61. The molecule has 0 N–H and O–H groups in total. The Morgan fingerprint density at radius 2 is 1.79 bits per heavy atom. The van der Waals surface area contributed by atoms with Crippen LogP contribution in [0.2, 0.25) is 0 Å². The largest absolute Gasteiger partial charge is 0.473 e. The minimum absolute atomic E-state index is 0.122. The highest BCUT2D eigenvalue weighted by Gasteiger charge is 2.49. The molecule has 0 bridgehead atoms. The maximum absolute atomic E-state index is 13.2. The number of alkyl halides is 3. The number of piperidine rings is 1. The highest BCUT2D eigenvalue weighted by Crippen LogP contribution is 2.35. The highest BCUT2D eigenvalue weighted by molar-refractivity contribution is 5.86. The van der Waals surface area contributed by atoms with Crippen LogP contribution in [0.3, 0.4) is 0 Å². The average molecular weight is 342 g/mol. The summed E-state index contributed by atoms with van der Waals surface area (Å²) in [6.45, 7) is 3.60. The Kier molecular flexibility index (Phi) is 5.51. The molecule has 0 aliphatic carbocycles. The molecule has 0 aromatic heterocycles. The van der Waals surface area contributed by atoms with Gasteiger partial charge in [-0.15, -0.1) is 0 Å². The van der Waals surface area contributed by atoms with Gasteiger partial charge in [0.25, 0.3) is 0 Å². The fraction of sp³-hybridized carbons (Fsp3) is 0.529. The number of halogens is 3. The minimum Gasteiger partial charge on any atom is -0.273 e. The number of hydrogen-bond acceptors (Lipinski definition) is 2. The third kappa shape index (κ3) is 3.88. The highest BCUT2D eigenvalue weighted by atomic mass is 19.4. The number of carbonyl (C=O) groups is 2. The zero-order chi connectivity index (χ0) is 17.9. The molecule has 132 valence electrons. The molecule has 1 atom stereocenters. The van der Waals surface area contributed by atoms with Gasteiger partial charge in [-0.25, -0.2) is 5.01 Å². The molecule has 0 saturated carbocycles. The van der Waals surface area contributed by atoms with E-state index in [1.54, 1.807) is 44.2 Å². The molecule has 1 saturated heterocycles. The molecule has 4 nitrogen and oxygen atoms in total. The van der Waals surface area contributed by atoms with Crippen LogP contribution in [0.5, 0.6) is 0 Å². The van der Waals surface area contributed by atoms with Crippen molar-refractivity contribution in [2.75, 3.05) is 6.54 Å². The molecule has 2 rings (SSSR count). The van der Waals surface area contributed by atoms with E-state index in [-0.39, 0.29) is 18.9 Å². The standard InChI is InChI=1S/C17H21F3N2O2/c1-12(2)15(13-8-4-3-5-9-13)22(16(24)17(18,19)20)21-11-7-6-10-14(21)23/h3-5,8-9,12,15H,6-7,10-11H2,1-2H3/t15-/m1/s1. The number of hydrazine groups is 1. The summed E-state index contributed by atoms with van der Waals surface area (Å²) in [5.41, 5.74) is 0.573. The Hall–Kier alpha value is -2.05. The van der Waals surface area contributed by atoms with Gasteiger partial charge in [-0.1, -0.05) is 44.2 Å². The van der Waals surface area contributed by atoms with Crippen LogP contribution in [-0.2, 0) is 9.59 Å². The summed E-state index contributed by atoms with van der Waals surface area (Å²) >= 11 is 0. The van der Waals surface area contributed by atoms with Crippen molar-refractivity contribution in [3.05, 3.63) is 35.9 Å². The second-order valence-electron chi connectivity index (χ2n) is 6.22. The van der Waals surface area contributed by atoms with E-state index in [0.717, 1.165) is 5.01 Å². The smallest absolute Gasteiger partial charge is 0.273 e. The molecular weight excluding hydrogens is 321 g/mol. The summed E-state index contributed by atoms with van der Waals surface area (Å²) in [6.07, 6.45) is -3.69. The number of rotatable bonds is 4. The predicted octanol–water partition coefficient (Wildman–Crippen LogP) is 3.70. The first-order valence-corrected chi connectivity index (χ1v) is 7.99. The molecule has 1 heterocycles. The molecule has 1 aliphatic rings. The molecule has 1 fully saturated rings. The van der Waals surface area contributed by atoms with Crippen molar-refractivity contribution in [3.8, 4) is 0 Å². The topological polar surface area (TPSA) is 40.6 Å². The fourth-order valence-corrected chi connectivity index (χ4v) is 2.99. The Morgan fingerprint density at radius 3 is 2.29 bits per heavy atom. The van der Waals surface area contributed by atoms with Crippen LogP contribution in [0.4, 0.5) is 13.2 Å². The van der Waals surface area contributed by atoms with Gasteiger partial charge in [0, 0.05) is 13.0 Å². The number of carbonyl (C=O) groups excluding carboxylic acids is 2. The maximum atomic E-state index is 13.2. The van der Waals surface area contributed by atoms with E-state index in [1.807, 2.05) is 0 Å². The Morgan fingerprint density at radius 1 is 1.17 bits per heavy atom. The van der Waals surface area contributed by atoms with Crippen molar-refractivity contribution < 1.29 is 22.8 Å². The monoisotopic (exact) mass is 342 g/mol. The van der Waals surface area contributed by atoms with Crippen LogP contribution in [0, 0.1) is 5.92 Å². The number of nitrogens with zero attached hydrogens (tertiary/aromatic N) is 2. The van der Waals surface area contributed by atoms with Crippen LogP contribution in [-0.4, -0.2) is 34.6 Å². The molecule has 0 spiro atoms. The molecule has 0 unspecified atom stereocenters. The lowest BCUT2D eigenvalue weighted by molar-refractivity contribution is -0.212. The summed E-state index contributed by atoms with van der Waals surface area (Å²) < 4.78 is 39.6. The normalized spacial score (nSPS) is 17.1. The molecule has 1 aromatic carbocycles. The second-order valence-corrected chi connectivity index (χ2v) is 6.22. The van der Waals surface area contributed by atoms with Crippen molar-refractivity contribution in [1.29, 1.82) is 0 Å². The van der Waals surface area contributed by atoms with Gasteiger partial charge in [-0.05, 0) is 24.3 Å². The molecule has 2 amide bonds. The van der Waals surface area contributed by atoms with E-state index < -0.39 is 24.0 Å². The van der Waals surface area contributed by atoms with Gasteiger partial charge in [-0.3, -0.25) is 14.6 Å². The zero-order valence-corrected chi connectivity index (χ0v) is 13.7. The van der Waals surface area contributed by atoms with Crippen LogP contribution >= 0.6 is 0 Å². The number of benzene rings is 1. The first-order valence-electron chi connectivity index (χ1n) is 7.99. The van der Waals surface area contributed by atoms with Crippen LogP contribution in [0.1, 0.15) is 44.7 Å². The summed E-state index contributed by atoms with van der Waals surface area (Å²) in [5.74, 6) is -2.74. The van der Waals surface area contributed by atoms with Gasteiger partial charge in [0.15, 0.2) is 0 Å². The summed E-state index contributed by atoms with van der Waals surface area (Å²) in [6, 6.07) is 7.66. The van der Waals surface area contributed by atoms with Gasteiger partial charge < -0.3 is 0 Å². The molecular formula is C17H21F3N2O2. The Labute approximate surface area is 139 Å². The van der Waals surface area contributed by atoms with Gasteiger partial charge in [0.2, 0.25) is 5.91 Å². The van der Waals surface area contributed by atoms with Crippen molar-refractivity contribution in [2.45, 2.75) is 45.3 Å². The van der Waals surface area contributed by atoms with Crippen LogP contribution < -0.4 is 0 Å². The molecule has 24 heavy (non-hydrogen) atoms. The van der Waals surface area contributed by atoms with E-state index in [2.05, 4.69) is 0 Å². The Balaban J connectivity index is 2.50. The fourth-order valence-electron chi connectivity index (χ4n) is 2.99. The van der Waals surface area contributed by atoms with Crippen LogP contribution in [0.25, 0.3) is 0 Å². The van der Waals surface area contributed by atoms with E-state index in [1.165, 1.54) is 0 Å². The van der Waals surface area contributed by atoms with Crippen LogP contribution in [0.15, 0.2) is 30.3 Å². The Bertz CT molecular complexity index is 587. The third-order valence-corrected chi connectivity index (χ3v) is 4.05.